The zero-order valence-electron chi connectivity index (χ0n) is 16.5. The van der Waals surface area contributed by atoms with Crippen LogP contribution in [0.3, 0.4) is 0 Å². The summed E-state index contributed by atoms with van der Waals surface area (Å²) in [6, 6.07) is 7.63. The summed E-state index contributed by atoms with van der Waals surface area (Å²) in [5.74, 6) is 0.0643. The number of nitrogens with one attached hydrogen (secondary N) is 2. The lowest BCUT2D eigenvalue weighted by Crippen LogP contribution is -2.52. The van der Waals surface area contributed by atoms with E-state index in [4.69, 9.17) is 11.6 Å². The largest absolute Gasteiger partial charge is 0.353 e. The summed E-state index contributed by atoms with van der Waals surface area (Å²) in [6.07, 6.45) is 0.932. The monoisotopic (exact) mass is 394 g/mol. The maximum absolute atomic E-state index is 12.3. The first-order valence-corrected chi connectivity index (χ1v) is 10.0. The van der Waals surface area contributed by atoms with Gasteiger partial charge < -0.3 is 10.6 Å². The Kier molecular flexibility index (Phi) is 8.54. The van der Waals surface area contributed by atoms with E-state index in [1.807, 2.05) is 38.1 Å². The summed E-state index contributed by atoms with van der Waals surface area (Å²) < 4.78 is 0. The third kappa shape index (κ3) is 7.13. The maximum atomic E-state index is 12.3. The quantitative estimate of drug-likeness (QED) is 0.708. The van der Waals surface area contributed by atoms with Gasteiger partial charge in [-0.15, -0.1) is 0 Å². The molecule has 2 rings (SSSR count). The summed E-state index contributed by atoms with van der Waals surface area (Å²) in [7, 11) is 0. The van der Waals surface area contributed by atoms with Gasteiger partial charge in [0.15, 0.2) is 0 Å². The standard InChI is InChI=1S/C20H31ClN4O2/c1-4-15(2)22-19(26)13-24-9-11-25(12-10-24)14-20(27)23-16(3)17-7-5-6-8-18(17)21/h5-8,15-16H,4,9-14H2,1-3H3,(H,22,26)(H,23,27). The van der Waals surface area contributed by atoms with Crippen LogP contribution in [0.5, 0.6) is 0 Å². The van der Waals surface area contributed by atoms with E-state index in [9.17, 15) is 9.59 Å². The second-order valence-corrected chi connectivity index (χ2v) is 7.65. The van der Waals surface area contributed by atoms with E-state index in [-0.39, 0.29) is 23.9 Å². The number of carbonyl (C=O) groups is 2. The average molecular weight is 395 g/mol. The smallest absolute Gasteiger partial charge is 0.234 e. The minimum atomic E-state index is -0.128. The van der Waals surface area contributed by atoms with Gasteiger partial charge in [-0.25, -0.2) is 0 Å². The van der Waals surface area contributed by atoms with Crippen LogP contribution in [0, 0.1) is 0 Å². The highest BCUT2D eigenvalue weighted by molar-refractivity contribution is 6.31. The highest BCUT2D eigenvalue weighted by Gasteiger charge is 2.21. The number of nitrogens with zero attached hydrogens (tertiary/aromatic N) is 2. The molecule has 1 aliphatic heterocycles. The van der Waals surface area contributed by atoms with Crippen molar-refractivity contribution in [3.05, 3.63) is 34.9 Å². The van der Waals surface area contributed by atoms with E-state index in [0.29, 0.717) is 18.1 Å². The van der Waals surface area contributed by atoms with Crippen molar-refractivity contribution in [2.24, 2.45) is 0 Å². The molecule has 2 unspecified atom stereocenters. The zero-order valence-corrected chi connectivity index (χ0v) is 17.3. The first kappa shape index (κ1) is 21.7. The first-order chi connectivity index (χ1) is 12.9. The first-order valence-electron chi connectivity index (χ1n) is 9.67. The van der Waals surface area contributed by atoms with Crippen LogP contribution in [0.2, 0.25) is 5.02 Å². The fourth-order valence-electron chi connectivity index (χ4n) is 3.13. The molecule has 1 fully saturated rings. The molecule has 0 aromatic heterocycles. The molecule has 1 heterocycles. The van der Waals surface area contributed by atoms with Gasteiger partial charge in [0.05, 0.1) is 19.1 Å². The molecule has 0 spiro atoms. The Balaban J connectivity index is 1.71. The molecular weight excluding hydrogens is 364 g/mol. The molecule has 0 radical (unpaired) electrons. The molecule has 1 aromatic rings. The molecule has 0 saturated carbocycles. The fourth-order valence-corrected chi connectivity index (χ4v) is 3.42. The topological polar surface area (TPSA) is 64.7 Å². The second-order valence-electron chi connectivity index (χ2n) is 7.24. The van der Waals surface area contributed by atoms with Crippen LogP contribution in [-0.2, 0) is 9.59 Å². The lowest BCUT2D eigenvalue weighted by molar-refractivity contribution is -0.125. The van der Waals surface area contributed by atoms with Crippen LogP contribution in [0.15, 0.2) is 24.3 Å². The molecule has 0 bridgehead atoms. The SMILES string of the molecule is CCC(C)NC(=O)CN1CCN(CC(=O)NC(C)c2ccccc2Cl)CC1. The molecular formula is C20H31ClN4O2. The second kappa shape index (κ2) is 10.6. The number of hydrogen-bond donors (Lipinski definition) is 2. The lowest BCUT2D eigenvalue weighted by Gasteiger charge is -2.34. The van der Waals surface area contributed by atoms with Crippen molar-refractivity contribution in [2.45, 2.75) is 39.3 Å². The highest BCUT2D eigenvalue weighted by atomic mass is 35.5. The molecule has 7 heteroatoms. The maximum Gasteiger partial charge on any atom is 0.234 e. The van der Waals surface area contributed by atoms with E-state index >= 15 is 0 Å². The van der Waals surface area contributed by atoms with E-state index in [1.165, 1.54) is 0 Å². The average Bonchev–Trinajstić information content (AvgIpc) is 2.63. The lowest BCUT2D eigenvalue weighted by atomic mass is 10.1. The molecule has 1 saturated heterocycles. The Morgan fingerprint density at radius 3 is 2.04 bits per heavy atom. The number of benzene rings is 1. The summed E-state index contributed by atoms with van der Waals surface area (Å²) >= 11 is 6.19. The molecule has 0 aliphatic carbocycles. The summed E-state index contributed by atoms with van der Waals surface area (Å²) in [4.78, 5) is 28.6. The number of piperazine rings is 1. The highest BCUT2D eigenvalue weighted by Crippen LogP contribution is 2.21. The van der Waals surface area contributed by atoms with E-state index in [1.54, 1.807) is 0 Å². The van der Waals surface area contributed by atoms with Gasteiger partial charge in [0.1, 0.15) is 0 Å². The van der Waals surface area contributed by atoms with Crippen LogP contribution in [0.4, 0.5) is 0 Å². The van der Waals surface area contributed by atoms with Gasteiger partial charge in [-0.1, -0.05) is 36.7 Å². The predicted molar refractivity (Wildman–Crippen MR) is 109 cm³/mol. The third-order valence-corrected chi connectivity index (χ3v) is 5.31. The van der Waals surface area contributed by atoms with Gasteiger partial charge in [0.2, 0.25) is 11.8 Å². The summed E-state index contributed by atoms with van der Waals surface area (Å²) in [6.45, 7) is 9.94. The van der Waals surface area contributed by atoms with Crippen LogP contribution in [0.25, 0.3) is 0 Å². The summed E-state index contributed by atoms with van der Waals surface area (Å²) in [5.41, 5.74) is 0.921. The number of hydrogen-bond acceptors (Lipinski definition) is 4. The van der Waals surface area contributed by atoms with E-state index < -0.39 is 0 Å². The molecule has 1 aromatic carbocycles. The normalized spacial score (nSPS) is 17.9. The molecule has 2 amide bonds. The van der Waals surface area contributed by atoms with Gasteiger partial charge in [0, 0.05) is 37.2 Å². The van der Waals surface area contributed by atoms with E-state index in [0.717, 1.165) is 38.2 Å². The van der Waals surface area contributed by atoms with Crippen molar-refractivity contribution >= 4 is 23.4 Å². The fraction of sp³-hybridized carbons (Fsp3) is 0.600. The number of halogens is 1. The van der Waals surface area contributed by atoms with Crippen molar-refractivity contribution in [1.82, 2.24) is 20.4 Å². The predicted octanol–water partition coefficient (Wildman–Crippen LogP) is 2.05. The van der Waals surface area contributed by atoms with Crippen molar-refractivity contribution < 1.29 is 9.59 Å². The van der Waals surface area contributed by atoms with Crippen LogP contribution >= 0.6 is 11.6 Å². The molecule has 2 N–H and O–H groups in total. The Bertz CT molecular complexity index is 632. The van der Waals surface area contributed by atoms with Crippen molar-refractivity contribution in [3.63, 3.8) is 0 Å². The van der Waals surface area contributed by atoms with E-state index in [2.05, 4.69) is 27.4 Å². The van der Waals surface area contributed by atoms with Gasteiger partial charge >= 0.3 is 0 Å². The van der Waals surface area contributed by atoms with Gasteiger partial charge in [-0.3, -0.25) is 19.4 Å². The van der Waals surface area contributed by atoms with Crippen LogP contribution < -0.4 is 10.6 Å². The van der Waals surface area contributed by atoms with Crippen molar-refractivity contribution in [3.8, 4) is 0 Å². The number of rotatable bonds is 8. The molecule has 2 atom stereocenters. The van der Waals surface area contributed by atoms with Gasteiger partial charge in [-0.2, -0.15) is 0 Å². The third-order valence-electron chi connectivity index (χ3n) is 4.97. The summed E-state index contributed by atoms with van der Waals surface area (Å²) in [5, 5.41) is 6.67. The van der Waals surface area contributed by atoms with Crippen molar-refractivity contribution in [2.75, 3.05) is 39.3 Å². The Hall–Kier alpha value is -1.63. The Labute approximate surface area is 167 Å². The molecule has 27 heavy (non-hydrogen) atoms. The molecule has 150 valence electrons. The minimum Gasteiger partial charge on any atom is -0.353 e. The van der Waals surface area contributed by atoms with Gasteiger partial charge in [0.25, 0.3) is 0 Å². The number of amides is 2. The van der Waals surface area contributed by atoms with Crippen LogP contribution in [-0.4, -0.2) is 66.9 Å². The van der Waals surface area contributed by atoms with Crippen molar-refractivity contribution in [1.29, 1.82) is 0 Å². The molecule has 6 nitrogen and oxygen atoms in total. The number of carbonyl (C=O) groups excluding carboxylic acids is 2. The zero-order chi connectivity index (χ0) is 19.8. The Morgan fingerprint density at radius 1 is 1.00 bits per heavy atom. The van der Waals surface area contributed by atoms with Gasteiger partial charge in [-0.05, 0) is 31.9 Å². The Morgan fingerprint density at radius 2 is 1.52 bits per heavy atom. The van der Waals surface area contributed by atoms with Crippen LogP contribution in [0.1, 0.15) is 38.8 Å². The minimum absolute atomic E-state index is 0.00890. The molecule has 1 aliphatic rings.